The number of thioether (sulfide) groups is 1. The molecule has 0 aliphatic rings. The van der Waals surface area contributed by atoms with Gasteiger partial charge in [-0.3, -0.25) is 25.0 Å². The summed E-state index contributed by atoms with van der Waals surface area (Å²) in [4.78, 5) is 38.1. The third-order valence-corrected chi connectivity index (χ3v) is 7.08. The molecule has 39 heavy (non-hydrogen) atoms. The van der Waals surface area contributed by atoms with Gasteiger partial charge in [-0.15, -0.1) is 0 Å². The molecular formula is C28H27N5O5S. The Morgan fingerprint density at radius 2 is 1.49 bits per heavy atom. The average Bonchev–Trinajstić information content (AvgIpc) is 3.33. The van der Waals surface area contributed by atoms with Crippen LogP contribution in [0.3, 0.4) is 0 Å². The maximum Gasteiger partial charge on any atom is 0.277 e. The van der Waals surface area contributed by atoms with Crippen molar-refractivity contribution in [3.05, 3.63) is 105 Å². The van der Waals surface area contributed by atoms with Crippen molar-refractivity contribution in [3.8, 4) is 22.5 Å². The van der Waals surface area contributed by atoms with Crippen molar-refractivity contribution in [1.29, 1.82) is 0 Å². The van der Waals surface area contributed by atoms with E-state index in [1.165, 1.54) is 0 Å². The third kappa shape index (κ3) is 6.68. The van der Waals surface area contributed by atoms with Gasteiger partial charge in [0.05, 0.1) is 32.9 Å². The number of non-ortho nitro benzene ring substituents is 2. The summed E-state index contributed by atoms with van der Waals surface area (Å²) in [5.41, 5.74) is 3.05. The van der Waals surface area contributed by atoms with E-state index in [1.54, 1.807) is 11.8 Å². The minimum Gasteiger partial charge on any atom is -0.352 e. The number of nitrogens with one attached hydrogen (secondary N) is 1. The second-order valence-corrected chi connectivity index (χ2v) is 9.69. The molecule has 0 radical (unpaired) electrons. The van der Waals surface area contributed by atoms with Gasteiger partial charge in [0, 0.05) is 42.1 Å². The van der Waals surface area contributed by atoms with E-state index in [-0.39, 0.29) is 5.56 Å². The van der Waals surface area contributed by atoms with Gasteiger partial charge in [-0.2, -0.15) is 0 Å². The fraction of sp³-hybridized carbons (Fsp3) is 0.214. The first-order valence-corrected chi connectivity index (χ1v) is 13.4. The van der Waals surface area contributed by atoms with Crippen LogP contribution in [0.4, 0.5) is 11.4 Å². The Hall–Kier alpha value is -4.51. The van der Waals surface area contributed by atoms with Gasteiger partial charge in [0.2, 0.25) is 0 Å². The second-order valence-electron chi connectivity index (χ2n) is 8.63. The molecule has 0 fully saturated rings. The Morgan fingerprint density at radius 3 is 2.05 bits per heavy atom. The molecule has 0 unspecified atom stereocenters. The van der Waals surface area contributed by atoms with Crippen molar-refractivity contribution >= 4 is 29.0 Å². The van der Waals surface area contributed by atoms with E-state index in [4.69, 9.17) is 4.98 Å². The molecule has 1 aromatic heterocycles. The molecule has 0 aliphatic heterocycles. The summed E-state index contributed by atoms with van der Waals surface area (Å²) < 4.78 is 2.22. The average molecular weight is 546 g/mol. The first-order chi connectivity index (χ1) is 18.9. The van der Waals surface area contributed by atoms with Crippen molar-refractivity contribution in [2.45, 2.75) is 31.5 Å². The van der Waals surface area contributed by atoms with E-state index in [1.807, 2.05) is 36.4 Å². The Morgan fingerprint density at radius 1 is 0.897 bits per heavy atom. The van der Waals surface area contributed by atoms with Crippen LogP contribution in [0.5, 0.6) is 0 Å². The largest absolute Gasteiger partial charge is 0.352 e. The van der Waals surface area contributed by atoms with Crippen LogP contribution in [0.2, 0.25) is 0 Å². The van der Waals surface area contributed by atoms with Crippen molar-refractivity contribution in [3.63, 3.8) is 0 Å². The molecule has 4 rings (SSSR count). The highest BCUT2D eigenvalue weighted by Gasteiger charge is 2.21. The van der Waals surface area contributed by atoms with Crippen LogP contribution in [0.25, 0.3) is 22.5 Å². The van der Waals surface area contributed by atoms with E-state index < -0.39 is 27.1 Å². The van der Waals surface area contributed by atoms with Crippen LogP contribution in [-0.4, -0.2) is 37.6 Å². The van der Waals surface area contributed by atoms with Gasteiger partial charge >= 0.3 is 0 Å². The van der Waals surface area contributed by atoms with Gasteiger partial charge in [-0.1, -0.05) is 72.4 Å². The summed E-state index contributed by atoms with van der Waals surface area (Å²) in [6.07, 6.45) is 1.46. The fourth-order valence-electron chi connectivity index (χ4n) is 4.15. The number of hydrogen-bond donors (Lipinski definition) is 1. The topological polar surface area (TPSA) is 133 Å². The number of imidazole rings is 1. The third-order valence-electron chi connectivity index (χ3n) is 6.02. The molecule has 3 aromatic carbocycles. The Kier molecular flexibility index (Phi) is 9.06. The fourth-order valence-corrected chi connectivity index (χ4v) is 5.22. The van der Waals surface area contributed by atoms with Crippen LogP contribution in [0, 0.1) is 20.2 Å². The highest BCUT2D eigenvalue weighted by molar-refractivity contribution is 7.99. The van der Waals surface area contributed by atoms with E-state index in [0.717, 1.165) is 64.6 Å². The Labute approximate surface area is 229 Å². The van der Waals surface area contributed by atoms with Crippen LogP contribution >= 0.6 is 11.8 Å². The molecule has 0 atom stereocenters. The number of amides is 1. The Balaban J connectivity index is 1.39. The van der Waals surface area contributed by atoms with Crippen LogP contribution in [0.15, 0.2) is 84.0 Å². The predicted molar refractivity (Wildman–Crippen MR) is 151 cm³/mol. The number of carbonyl (C=O) groups is 1. The number of rotatable bonds is 12. The van der Waals surface area contributed by atoms with Crippen molar-refractivity contribution in [1.82, 2.24) is 14.9 Å². The molecule has 10 nitrogen and oxygen atoms in total. The number of nitro benzene ring substituents is 2. The summed E-state index contributed by atoms with van der Waals surface area (Å²) in [5, 5.41) is 25.8. The molecule has 1 heterocycles. The maximum atomic E-state index is 12.5. The van der Waals surface area contributed by atoms with Crippen molar-refractivity contribution < 1.29 is 14.6 Å². The summed E-state index contributed by atoms with van der Waals surface area (Å²) in [7, 11) is 0. The molecule has 0 saturated carbocycles. The van der Waals surface area contributed by atoms with E-state index in [0.29, 0.717) is 13.0 Å². The SMILES string of the molecule is CCn1c(SCCCCNC(=O)c2cc([N+](=O)[O-])cc([N+](=O)[O-])c2)nc(-c2ccccc2)c1-c1ccccc1. The first kappa shape index (κ1) is 27.5. The molecule has 0 saturated heterocycles. The van der Waals surface area contributed by atoms with Crippen LogP contribution in [-0.2, 0) is 6.54 Å². The van der Waals surface area contributed by atoms with Crippen molar-refractivity contribution in [2.24, 2.45) is 0 Å². The molecule has 0 spiro atoms. The summed E-state index contributed by atoms with van der Waals surface area (Å²) in [6, 6.07) is 23.2. The number of benzene rings is 3. The van der Waals surface area contributed by atoms with E-state index >= 15 is 0 Å². The molecule has 200 valence electrons. The van der Waals surface area contributed by atoms with Gasteiger partial charge < -0.3 is 9.88 Å². The smallest absolute Gasteiger partial charge is 0.277 e. The number of nitro groups is 2. The normalized spacial score (nSPS) is 10.8. The quantitative estimate of drug-likeness (QED) is 0.0948. The number of aromatic nitrogens is 2. The van der Waals surface area contributed by atoms with Gasteiger partial charge in [-0.25, -0.2) is 4.98 Å². The lowest BCUT2D eigenvalue weighted by Crippen LogP contribution is -2.24. The van der Waals surface area contributed by atoms with Gasteiger partial charge in [-0.05, 0) is 19.8 Å². The molecule has 11 heteroatoms. The summed E-state index contributed by atoms with van der Waals surface area (Å²) in [6.45, 7) is 3.20. The summed E-state index contributed by atoms with van der Waals surface area (Å²) >= 11 is 1.65. The molecular weight excluding hydrogens is 518 g/mol. The van der Waals surface area contributed by atoms with Gasteiger partial charge in [0.15, 0.2) is 5.16 Å². The molecule has 1 amide bonds. The lowest BCUT2D eigenvalue weighted by molar-refractivity contribution is -0.394. The molecule has 0 aliphatic carbocycles. The maximum absolute atomic E-state index is 12.5. The van der Waals surface area contributed by atoms with Gasteiger partial charge in [0.1, 0.15) is 0 Å². The minimum atomic E-state index is -0.756. The minimum absolute atomic E-state index is 0.114. The van der Waals surface area contributed by atoms with E-state index in [9.17, 15) is 25.0 Å². The zero-order valence-electron chi connectivity index (χ0n) is 21.3. The molecule has 4 aromatic rings. The zero-order chi connectivity index (χ0) is 27.8. The standard InChI is InChI=1S/C28H27N5O5S/c1-2-31-26(21-13-7-4-8-14-21)25(20-11-5-3-6-12-20)30-28(31)39-16-10-9-15-29-27(34)22-17-23(32(35)36)19-24(18-22)33(37)38/h3-8,11-14,17-19H,2,9-10,15-16H2,1H3,(H,29,34). The monoisotopic (exact) mass is 545 g/mol. The van der Waals surface area contributed by atoms with Gasteiger partial charge in [0.25, 0.3) is 17.3 Å². The van der Waals surface area contributed by atoms with Crippen LogP contribution in [0.1, 0.15) is 30.1 Å². The predicted octanol–water partition coefficient (Wildman–Crippen LogP) is 6.36. The highest BCUT2D eigenvalue weighted by Crippen LogP contribution is 2.36. The lowest BCUT2D eigenvalue weighted by Gasteiger charge is -2.11. The lowest BCUT2D eigenvalue weighted by atomic mass is 10.0. The number of nitrogens with zero attached hydrogens (tertiary/aromatic N) is 4. The van der Waals surface area contributed by atoms with E-state index in [2.05, 4.69) is 41.1 Å². The number of unbranched alkanes of at least 4 members (excludes halogenated alkanes) is 1. The highest BCUT2D eigenvalue weighted by atomic mass is 32.2. The zero-order valence-corrected chi connectivity index (χ0v) is 22.1. The van der Waals surface area contributed by atoms with Crippen molar-refractivity contribution in [2.75, 3.05) is 12.3 Å². The first-order valence-electron chi connectivity index (χ1n) is 12.4. The molecule has 0 bridgehead atoms. The number of carbonyl (C=O) groups excluding carboxylic acids is 1. The molecule has 1 N–H and O–H groups in total. The number of hydrogen-bond acceptors (Lipinski definition) is 7. The van der Waals surface area contributed by atoms with Crippen LogP contribution < -0.4 is 5.32 Å². The Bertz CT molecular complexity index is 1440. The second kappa shape index (κ2) is 12.8. The summed E-state index contributed by atoms with van der Waals surface area (Å²) in [5.74, 6) is 0.188.